The van der Waals surface area contributed by atoms with E-state index in [1.807, 2.05) is 11.3 Å². The summed E-state index contributed by atoms with van der Waals surface area (Å²) < 4.78 is 8.44. The van der Waals surface area contributed by atoms with Crippen molar-refractivity contribution >= 4 is 89.3 Å². The van der Waals surface area contributed by atoms with Crippen LogP contribution in [0.25, 0.3) is 65.4 Å². The first-order chi connectivity index (χ1) is 32.3. The van der Waals surface area contributed by atoms with Gasteiger partial charge in [-0.3, -0.25) is 0 Å². The van der Waals surface area contributed by atoms with Crippen molar-refractivity contribution in [2.75, 3.05) is 10.2 Å². The van der Waals surface area contributed by atoms with Crippen LogP contribution >= 0.6 is 11.3 Å². The molecule has 0 saturated heterocycles. The summed E-state index contributed by atoms with van der Waals surface area (Å²) in [6.07, 6.45) is 2.34. The summed E-state index contributed by atoms with van der Waals surface area (Å²) in [5, 5.41) is 8.89. The second-order valence-electron chi connectivity index (χ2n) is 21.2. The average molecular weight is 887 g/mol. The molecule has 12 rings (SSSR count). The summed E-state index contributed by atoms with van der Waals surface area (Å²) in [6.45, 7) is 16.6. The highest BCUT2D eigenvalue weighted by Gasteiger charge is 2.38. The molecule has 1 aliphatic carbocycles. The Morgan fingerprint density at radius 2 is 1.25 bits per heavy atom. The Labute approximate surface area is 399 Å². The third-order valence-electron chi connectivity index (χ3n) is 14.9. The van der Waals surface area contributed by atoms with Gasteiger partial charge in [-0.2, -0.15) is 0 Å². The van der Waals surface area contributed by atoms with Crippen LogP contribution in [0, 0.1) is 0 Å². The van der Waals surface area contributed by atoms with E-state index in [1.165, 1.54) is 77.2 Å². The molecule has 67 heavy (non-hydrogen) atoms. The molecule has 8 aromatic carbocycles. The number of para-hydroxylation sites is 1. The Morgan fingerprint density at radius 1 is 0.567 bits per heavy atom. The van der Waals surface area contributed by atoms with E-state index < -0.39 is 0 Å². The van der Waals surface area contributed by atoms with Gasteiger partial charge in [0.25, 0.3) is 0 Å². The molecule has 3 heterocycles. The van der Waals surface area contributed by atoms with Crippen LogP contribution in [0.3, 0.4) is 0 Å². The van der Waals surface area contributed by atoms with Gasteiger partial charge in [0.2, 0.25) is 7.28 Å². The van der Waals surface area contributed by atoms with E-state index in [-0.39, 0.29) is 16.2 Å². The van der Waals surface area contributed by atoms with Crippen molar-refractivity contribution in [2.24, 2.45) is 0 Å². The highest BCUT2D eigenvalue weighted by molar-refractivity contribution is 7.25. The van der Waals surface area contributed by atoms with Crippen molar-refractivity contribution in [1.82, 2.24) is 0 Å². The van der Waals surface area contributed by atoms with E-state index in [0.717, 1.165) is 63.7 Å². The van der Waals surface area contributed by atoms with Crippen LogP contribution in [-0.2, 0) is 16.2 Å². The molecule has 0 spiro atoms. The third-order valence-corrected chi connectivity index (χ3v) is 16.1. The topological polar surface area (TPSA) is 28.4 Å². The number of furan rings is 1. The Bertz CT molecular complexity index is 3570. The number of nitrogens with one attached hydrogen (secondary N) is 1. The van der Waals surface area contributed by atoms with Crippen molar-refractivity contribution in [2.45, 2.75) is 77.6 Å². The lowest BCUT2D eigenvalue weighted by atomic mass is 9.58. The summed E-state index contributed by atoms with van der Waals surface area (Å²) in [4.78, 5) is 2.59. The molecule has 0 fully saturated rings. The van der Waals surface area contributed by atoms with Gasteiger partial charge in [0.05, 0.1) is 10.7 Å². The molecule has 2 aliphatic rings. The molecule has 0 amide bonds. The maximum atomic E-state index is 7.15. The quantitative estimate of drug-likeness (QED) is 0.169. The molecule has 3 nitrogen and oxygen atoms in total. The fourth-order valence-electron chi connectivity index (χ4n) is 11.1. The summed E-state index contributed by atoms with van der Waals surface area (Å²) in [6, 6.07) is 63.0. The van der Waals surface area contributed by atoms with Crippen molar-refractivity contribution in [1.29, 1.82) is 0 Å². The van der Waals surface area contributed by atoms with Gasteiger partial charge < -0.3 is 14.6 Å². The van der Waals surface area contributed by atoms with Crippen LogP contribution in [-0.4, -0.2) is 7.28 Å². The van der Waals surface area contributed by atoms with E-state index in [4.69, 9.17) is 4.42 Å². The van der Waals surface area contributed by atoms with Gasteiger partial charge in [-0.05, 0) is 127 Å². The molecule has 0 atom stereocenters. The molecule has 0 unspecified atom stereocenters. The average Bonchev–Trinajstić information content (AvgIpc) is 3.90. The summed E-state index contributed by atoms with van der Waals surface area (Å²) in [7, 11) is 0.760. The Balaban J connectivity index is 1.16. The van der Waals surface area contributed by atoms with Gasteiger partial charge in [0.1, 0.15) is 11.2 Å². The van der Waals surface area contributed by atoms with Crippen LogP contribution in [0.4, 0.5) is 27.8 Å². The number of fused-ring (bicyclic) bond motifs is 8. The predicted octanol–water partition coefficient (Wildman–Crippen LogP) is 16.4. The van der Waals surface area contributed by atoms with Gasteiger partial charge >= 0.3 is 0 Å². The van der Waals surface area contributed by atoms with E-state index in [0.29, 0.717) is 0 Å². The molecule has 0 radical (unpaired) electrons. The smallest absolute Gasteiger partial charge is 0.200 e. The molecule has 1 aliphatic heterocycles. The minimum atomic E-state index is -0.0288. The number of hydrogen-bond acceptors (Lipinski definition) is 4. The first-order valence-corrected chi connectivity index (χ1v) is 24.7. The van der Waals surface area contributed by atoms with Gasteiger partial charge in [0, 0.05) is 49.2 Å². The lowest BCUT2D eigenvalue weighted by molar-refractivity contribution is 0.332. The van der Waals surface area contributed by atoms with Gasteiger partial charge in [-0.1, -0.05) is 170 Å². The van der Waals surface area contributed by atoms with E-state index >= 15 is 0 Å². The van der Waals surface area contributed by atoms with Crippen molar-refractivity contribution < 1.29 is 4.42 Å². The highest BCUT2D eigenvalue weighted by atomic mass is 32.1. The second kappa shape index (κ2) is 15.4. The first kappa shape index (κ1) is 41.6. The minimum Gasteiger partial charge on any atom is -0.455 e. The van der Waals surface area contributed by atoms with Gasteiger partial charge in [-0.15, -0.1) is 11.3 Å². The normalized spacial score (nSPS) is 15.0. The number of benzene rings is 8. The van der Waals surface area contributed by atoms with Crippen molar-refractivity contribution in [3.8, 4) is 33.4 Å². The van der Waals surface area contributed by atoms with E-state index in [2.05, 4.69) is 229 Å². The maximum Gasteiger partial charge on any atom is 0.200 e. The molecular formula is C62H55BN2OS. The van der Waals surface area contributed by atoms with Crippen molar-refractivity contribution in [3.63, 3.8) is 0 Å². The van der Waals surface area contributed by atoms with E-state index in [1.54, 1.807) is 0 Å². The molecular weight excluding hydrogens is 832 g/mol. The minimum absolute atomic E-state index is 0.0288. The van der Waals surface area contributed by atoms with Crippen LogP contribution in [0.15, 0.2) is 174 Å². The third kappa shape index (κ3) is 6.92. The monoisotopic (exact) mass is 886 g/mol. The number of anilines is 5. The molecule has 1 N–H and O–H groups in total. The van der Waals surface area contributed by atoms with Crippen LogP contribution in [0.1, 0.15) is 78.0 Å². The van der Waals surface area contributed by atoms with Crippen LogP contribution in [0.2, 0.25) is 0 Å². The SMILES string of the molecule is CC(C)(C)c1ccc(N2c3cc4c(oc5ccccc54)c(-c4ccc(-c5ccccc5)cc4Nc4ccc5c(c4)C(C)(C)CCC5(C)C)c3Bc3c2sc2ccccc32)c(-c2ccccc2)c1. The molecule has 0 saturated carbocycles. The van der Waals surface area contributed by atoms with Crippen LogP contribution < -0.4 is 21.1 Å². The molecule has 10 aromatic rings. The molecule has 2 aromatic heterocycles. The number of rotatable bonds is 6. The maximum absolute atomic E-state index is 7.15. The zero-order chi connectivity index (χ0) is 45.8. The Kier molecular flexibility index (Phi) is 9.54. The van der Waals surface area contributed by atoms with Crippen molar-refractivity contribution in [3.05, 3.63) is 187 Å². The predicted molar refractivity (Wildman–Crippen MR) is 290 cm³/mol. The molecule has 0 bridgehead atoms. The molecule has 5 heteroatoms. The lowest BCUT2D eigenvalue weighted by Gasteiger charge is -2.42. The summed E-state index contributed by atoms with van der Waals surface area (Å²) in [5.41, 5.74) is 20.3. The summed E-state index contributed by atoms with van der Waals surface area (Å²) in [5.74, 6) is 0. The van der Waals surface area contributed by atoms with Gasteiger partial charge in [-0.25, -0.2) is 0 Å². The first-order valence-electron chi connectivity index (χ1n) is 23.9. The lowest BCUT2D eigenvalue weighted by Crippen LogP contribution is -2.40. The fourth-order valence-corrected chi connectivity index (χ4v) is 12.3. The Hall–Kier alpha value is -6.82. The largest absolute Gasteiger partial charge is 0.455 e. The van der Waals surface area contributed by atoms with Crippen LogP contribution in [0.5, 0.6) is 0 Å². The van der Waals surface area contributed by atoms with Gasteiger partial charge in [0.15, 0.2) is 0 Å². The highest BCUT2D eigenvalue weighted by Crippen LogP contribution is 2.51. The summed E-state index contributed by atoms with van der Waals surface area (Å²) >= 11 is 1.90. The second-order valence-corrected chi connectivity index (χ2v) is 22.3. The Morgan fingerprint density at radius 3 is 2.01 bits per heavy atom. The zero-order valence-electron chi connectivity index (χ0n) is 39.6. The number of hydrogen-bond donors (Lipinski definition) is 1. The zero-order valence-corrected chi connectivity index (χ0v) is 40.4. The fraction of sp³-hybridized carbons (Fsp3) is 0.194. The number of nitrogens with zero attached hydrogens (tertiary/aromatic N) is 1. The number of thiophene rings is 1. The standard InChI is InChI=1S/C62H55BN2OS/c1-60(2,3)41-27-31-51(46(35-41)39-20-12-9-13-21-39)65-52-37-47-43-22-14-16-24-53(43)66-58(47)55(57(52)63-56-45-23-15-17-25-54(45)67-59(56)65)44-29-26-40(38-18-10-8-11-19-38)34-50(44)64-42-28-30-48-49(36-42)62(6,7)33-32-61(48,4)5/h8-31,34-37,63-64H,32-33H2,1-7H3. The molecule has 328 valence electrons. The van der Waals surface area contributed by atoms with E-state index in [9.17, 15) is 0 Å².